The van der Waals surface area contributed by atoms with Crippen LogP contribution in [0.5, 0.6) is 17.2 Å². The highest BCUT2D eigenvalue weighted by molar-refractivity contribution is 6.50. The molecule has 0 fully saturated rings. The molecule has 1 aliphatic rings. The van der Waals surface area contributed by atoms with E-state index in [0.717, 1.165) is 5.56 Å². The van der Waals surface area contributed by atoms with Gasteiger partial charge in [-0.15, -0.1) is 0 Å². The van der Waals surface area contributed by atoms with Gasteiger partial charge in [0.15, 0.2) is 11.5 Å². The summed E-state index contributed by atoms with van der Waals surface area (Å²) in [4.78, 5) is 4.33. The summed E-state index contributed by atoms with van der Waals surface area (Å²) in [6.07, 6.45) is 1.66. The summed E-state index contributed by atoms with van der Waals surface area (Å²) in [6.45, 7) is 0.141. The highest BCUT2D eigenvalue weighted by Gasteiger charge is 2.19. The molecule has 2 heterocycles. The van der Waals surface area contributed by atoms with E-state index in [9.17, 15) is 0 Å². The highest BCUT2D eigenvalue weighted by atomic mass is 35.5. The molecule has 0 aliphatic carbocycles. The van der Waals surface area contributed by atoms with Crippen molar-refractivity contribution in [2.45, 2.75) is 0 Å². The molecule has 4 rings (SSSR count). The molecule has 0 radical (unpaired) electrons. The molecule has 1 aliphatic heterocycles. The summed E-state index contributed by atoms with van der Waals surface area (Å²) < 4.78 is 21.2. The van der Waals surface area contributed by atoms with Crippen LogP contribution >= 0.6 is 23.2 Å². The first kappa shape index (κ1) is 16.8. The van der Waals surface area contributed by atoms with Crippen molar-refractivity contribution in [1.29, 1.82) is 0 Å². The average Bonchev–Trinajstić information content (AvgIpc) is 3.31. The van der Waals surface area contributed by atoms with Crippen LogP contribution in [-0.4, -0.2) is 24.0 Å². The van der Waals surface area contributed by atoms with E-state index in [0.29, 0.717) is 33.7 Å². The quantitative estimate of drug-likeness (QED) is 0.633. The van der Waals surface area contributed by atoms with Gasteiger partial charge in [-0.2, -0.15) is 4.98 Å². The second-order valence-electron chi connectivity index (χ2n) is 5.35. The maximum atomic E-state index is 6.34. The number of halogens is 2. The zero-order valence-electron chi connectivity index (χ0n) is 13.5. The minimum atomic E-state index is 0.141. The van der Waals surface area contributed by atoms with Crippen LogP contribution in [0.2, 0.25) is 5.02 Å². The summed E-state index contributed by atoms with van der Waals surface area (Å²) in [5.74, 6) is 2.29. The molecular weight excluding hydrogens is 379 g/mol. The molecule has 0 unspecified atom stereocenters. The normalized spacial score (nSPS) is 13.1. The van der Waals surface area contributed by atoms with Gasteiger partial charge < -0.3 is 18.7 Å². The van der Waals surface area contributed by atoms with Crippen molar-refractivity contribution in [2.75, 3.05) is 13.9 Å². The lowest BCUT2D eigenvalue weighted by atomic mass is 10.2. The highest BCUT2D eigenvalue weighted by Crippen LogP contribution is 2.40. The van der Waals surface area contributed by atoms with E-state index in [4.69, 9.17) is 41.9 Å². The van der Waals surface area contributed by atoms with Crippen LogP contribution < -0.4 is 14.2 Å². The van der Waals surface area contributed by atoms with E-state index in [1.165, 1.54) is 0 Å². The Morgan fingerprint density at radius 3 is 2.92 bits per heavy atom. The molecule has 3 aromatic rings. The molecule has 8 heteroatoms. The van der Waals surface area contributed by atoms with Gasteiger partial charge in [-0.1, -0.05) is 40.5 Å². The van der Waals surface area contributed by atoms with Crippen molar-refractivity contribution >= 4 is 34.3 Å². The van der Waals surface area contributed by atoms with Gasteiger partial charge in [-0.05, 0) is 35.9 Å². The number of ether oxygens (including phenoxy) is 3. The SMILES string of the molecule is COc1ccccc1-c1noc(/C(Cl)=C/c2cc(Cl)c3c(c2)OCO3)n1. The van der Waals surface area contributed by atoms with Gasteiger partial charge >= 0.3 is 0 Å². The summed E-state index contributed by atoms with van der Waals surface area (Å²) >= 11 is 12.5. The maximum absolute atomic E-state index is 6.34. The first-order chi connectivity index (χ1) is 12.7. The molecule has 0 atom stereocenters. The number of rotatable bonds is 4. The van der Waals surface area contributed by atoms with Crippen LogP contribution in [0.3, 0.4) is 0 Å². The number of hydrogen-bond donors (Lipinski definition) is 0. The van der Waals surface area contributed by atoms with Crippen molar-refractivity contribution in [3.8, 4) is 28.6 Å². The summed E-state index contributed by atoms with van der Waals surface area (Å²) in [7, 11) is 1.58. The molecule has 0 saturated carbocycles. The Bertz CT molecular complexity index is 1000. The Kier molecular flexibility index (Phi) is 4.44. The summed E-state index contributed by atoms with van der Waals surface area (Å²) in [5, 5.41) is 4.68. The van der Waals surface area contributed by atoms with E-state index in [-0.39, 0.29) is 17.7 Å². The van der Waals surface area contributed by atoms with Crippen molar-refractivity contribution in [2.24, 2.45) is 0 Å². The molecular formula is C18H12Cl2N2O4. The Morgan fingerprint density at radius 1 is 1.23 bits per heavy atom. The third kappa shape index (κ3) is 3.09. The number of para-hydroxylation sites is 1. The van der Waals surface area contributed by atoms with Gasteiger partial charge in [-0.3, -0.25) is 0 Å². The largest absolute Gasteiger partial charge is 0.496 e. The number of benzene rings is 2. The number of aromatic nitrogens is 2. The van der Waals surface area contributed by atoms with Crippen molar-refractivity contribution < 1.29 is 18.7 Å². The first-order valence-corrected chi connectivity index (χ1v) is 8.35. The van der Waals surface area contributed by atoms with Crippen LogP contribution in [0.1, 0.15) is 11.5 Å². The lowest BCUT2D eigenvalue weighted by molar-refractivity contribution is 0.174. The Hall–Kier alpha value is -2.70. The van der Waals surface area contributed by atoms with E-state index in [1.54, 1.807) is 25.3 Å². The Balaban J connectivity index is 1.65. The Morgan fingerprint density at radius 2 is 2.08 bits per heavy atom. The van der Waals surface area contributed by atoms with Gasteiger partial charge in [0.2, 0.25) is 12.6 Å². The minimum Gasteiger partial charge on any atom is -0.496 e. The summed E-state index contributed by atoms with van der Waals surface area (Å²) in [5.41, 5.74) is 1.43. The van der Waals surface area contributed by atoms with Gasteiger partial charge in [0, 0.05) is 0 Å². The molecule has 0 bridgehead atoms. The fraction of sp³-hybridized carbons (Fsp3) is 0.111. The van der Waals surface area contributed by atoms with Crippen LogP contribution in [-0.2, 0) is 0 Å². The summed E-state index contributed by atoms with van der Waals surface area (Å²) in [6, 6.07) is 10.9. The van der Waals surface area contributed by atoms with Crippen LogP contribution in [0, 0.1) is 0 Å². The molecule has 1 aromatic heterocycles. The molecule has 0 saturated heterocycles. The van der Waals surface area contributed by atoms with Crippen LogP contribution in [0.15, 0.2) is 40.9 Å². The Labute approximate surface area is 158 Å². The topological polar surface area (TPSA) is 66.6 Å². The zero-order valence-corrected chi connectivity index (χ0v) is 15.0. The van der Waals surface area contributed by atoms with E-state index in [1.807, 2.05) is 24.3 Å². The smallest absolute Gasteiger partial charge is 0.269 e. The number of fused-ring (bicyclic) bond motifs is 1. The van der Waals surface area contributed by atoms with Crippen LogP contribution in [0.25, 0.3) is 22.5 Å². The van der Waals surface area contributed by atoms with E-state index in [2.05, 4.69) is 10.1 Å². The fourth-order valence-electron chi connectivity index (χ4n) is 2.54. The van der Waals surface area contributed by atoms with Crippen molar-refractivity contribution in [3.05, 3.63) is 52.9 Å². The third-order valence-corrected chi connectivity index (χ3v) is 4.27. The van der Waals surface area contributed by atoms with Gasteiger partial charge in [0.25, 0.3) is 5.89 Å². The fourth-order valence-corrected chi connectivity index (χ4v) is 3.01. The van der Waals surface area contributed by atoms with E-state index >= 15 is 0 Å². The van der Waals surface area contributed by atoms with Gasteiger partial charge in [0.1, 0.15) is 10.8 Å². The van der Waals surface area contributed by atoms with Crippen LogP contribution in [0.4, 0.5) is 0 Å². The predicted molar refractivity (Wildman–Crippen MR) is 97.6 cm³/mol. The van der Waals surface area contributed by atoms with Crippen molar-refractivity contribution in [1.82, 2.24) is 10.1 Å². The molecule has 6 nitrogen and oxygen atoms in total. The average molecular weight is 391 g/mol. The molecule has 132 valence electrons. The number of hydrogen-bond acceptors (Lipinski definition) is 6. The van der Waals surface area contributed by atoms with Gasteiger partial charge in [0.05, 0.1) is 17.7 Å². The number of methoxy groups -OCH3 is 1. The van der Waals surface area contributed by atoms with Gasteiger partial charge in [-0.25, -0.2) is 0 Å². The third-order valence-electron chi connectivity index (χ3n) is 3.72. The second-order valence-corrected chi connectivity index (χ2v) is 6.17. The molecule has 0 amide bonds. The molecule has 0 N–H and O–H groups in total. The van der Waals surface area contributed by atoms with Crippen molar-refractivity contribution in [3.63, 3.8) is 0 Å². The minimum absolute atomic E-state index is 0.141. The predicted octanol–water partition coefficient (Wildman–Crippen LogP) is 4.86. The standard InChI is InChI=1S/C18H12Cl2N2O4/c1-23-14-5-3-2-4-11(14)17-21-18(26-22-17)13(20)7-10-6-12(19)16-15(8-10)24-9-25-16/h2-8H,9H2,1H3/b13-7-. The zero-order chi connectivity index (χ0) is 18.1. The number of nitrogens with zero attached hydrogens (tertiary/aromatic N) is 2. The molecule has 0 spiro atoms. The lowest BCUT2D eigenvalue weighted by Gasteiger charge is -2.03. The molecule has 2 aromatic carbocycles. The van der Waals surface area contributed by atoms with E-state index < -0.39 is 0 Å². The lowest BCUT2D eigenvalue weighted by Crippen LogP contribution is -1.93. The first-order valence-electron chi connectivity index (χ1n) is 7.59. The molecule has 26 heavy (non-hydrogen) atoms. The second kappa shape index (κ2) is 6.90. The monoisotopic (exact) mass is 390 g/mol. The maximum Gasteiger partial charge on any atom is 0.269 e.